The molecule has 0 aromatic rings. The standard InChI is InChI=1S/C12H18O/c1-3-9-4-6-12(2)7-5-10(13)8-11(9)12/h3,9,11H,1,4-8H2,2H3. The molecule has 2 aliphatic carbocycles. The summed E-state index contributed by atoms with van der Waals surface area (Å²) in [5.41, 5.74) is 0.451. The van der Waals surface area contributed by atoms with Gasteiger partial charge in [-0.2, -0.15) is 0 Å². The number of carbonyl (C=O) groups excluding carboxylic acids is 1. The van der Waals surface area contributed by atoms with E-state index in [1.165, 1.54) is 12.8 Å². The van der Waals surface area contributed by atoms with E-state index < -0.39 is 0 Å². The summed E-state index contributed by atoms with van der Waals surface area (Å²) in [6, 6.07) is 0. The van der Waals surface area contributed by atoms with Gasteiger partial charge in [0.2, 0.25) is 0 Å². The predicted molar refractivity (Wildman–Crippen MR) is 53.4 cm³/mol. The van der Waals surface area contributed by atoms with Crippen LogP contribution < -0.4 is 0 Å². The maximum atomic E-state index is 11.4. The Kier molecular flexibility index (Phi) is 2.05. The summed E-state index contributed by atoms with van der Waals surface area (Å²) in [5.74, 6) is 1.68. The van der Waals surface area contributed by atoms with Crippen molar-refractivity contribution in [3.05, 3.63) is 12.7 Å². The molecule has 0 spiro atoms. The predicted octanol–water partition coefficient (Wildman–Crippen LogP) is 2.96. The molecule has 0 heterocycles. The van der Waals surface area contributed by atoms with Crippen LogP contribution in [0.3, 0.4) is 0 Å². The molecule has 0 aromatic carbocycles. The van der Waals surface area contributed by atoms with Gasteiger partial charge in [-0.25, -0.2) is 0 Å². The Morgan fingerprint density at radius 3 is 3.00 bits per heavy atom. The number of fused-ring (bicyclic) bond motifs is 1. The molecule has 1 nitrogen and oxygen atoms in total. The summed E-state index contributed by atoms with van der Waals surface area (Å²) in [7, 11) is 0. The quantitative estimate of drug-likeness (QED) is 0.564. The first-order valence-electron chi connectivity index (χ1n) is 5.30. The number of hydrogen-bond donors (Lipinski definition) is 0. The van der Waals surface area contributed by atoms with Crippen molar-refractivity contribution in [3.63, 3.8) is 0 Å². The Morgan fingerprint density at radius 2 is 2.31 bits per heavy atom. The summed E-state index contributed by atoms with van der Waals surface area (Å²) >= 11 is 0. The summed E-state index contributed by atoms with van der Waals surface area (Å²) in [5, 5.41) is 0. The summed E-state index contributed by atoms with van der Waals surface area (Å²) in [6.07, 6.45) is 7.35. The van der Waals surface area contributed by atoms with E-state index in [4.69, 9.17) is 0 Å². The highest BCUT2D eigenvalue weighted by molar-refractivity contribution is 5.79. The van der Waals surface area contributed by atoms with Crippen LogP contribution in [0.1, 0.15) is 39.0 Å². The molecule has 0 saturated heterocycles. The van der Waals surface area contributed by atoms with Gasteiger partial charge in [-0.15, -0.1) is 6.58 Å². The molecule has 2 fully saturated rings. The van der Waals surface area contributed by atoms with Crippen LogP contribution in [0.4, 0.5) is 0 Å². The second-order valence-electron chi connectivity index (χ2n) is 4.94. The summed E-state index contributed by atoms with van der Waals surface area (Å²) in [4.78, 5) is 11.4. The van der Waals surface area contributed by atoms with E-state index in [0.29, 0.717) is 23.0 Å². The number of allylic oxidation sites excluding steroid dienone is 1. The van der Waals surface area contributed by atoms with Gasteiger partial charge in [0.15, 0.2) is 0 Å². The topological polar surface area (TPSA) is 17.1 Å². The first-order chi connectivity index (χ1) is 6.15. The molecule has 0 bridgehead atoms. The first-order valence-corrected chi connectivity index (χ1v) is 5.30. The van der Waals surface area contributed by atoms with Gasteiger partial charge in [-0.05, 0) is 36.5 Å². The lowest BCUT2D eigenvalue weighted by molar-refractivity contribution is -0.124. The lowest BCUT2D eigenvalue weighted by atomic mass is 9.67. The third kappa shape index (κ3) is 1.34. The Morgan fingerprint density at radius 1 is 1.54 bits per heavy atom. The molecule has 13 heavy (non-hydrogen) atoms. The van der Waals surface area contributed by atoms with E-state index in [1.807, 2.05) is 0 Å². The molecule has 0 N–H and O–H groups in total. The zero-order valence-electron chi connectivity index (χ0n) is 8.38. The van der Waals surface area contributed by atoms with Crippen LogP contribution in [-0.2, 0) is 4.79 Å². The van der Waals surface area contributed by atoms with Gasteiger partial charge in [0.05, 0.1) is 0 Å². The molecular weight excluding hydrogens is 160 g/mol. The van der Waals surface area contributed by atoms with Crippen LogP contribution in [0, 0.1) is 17.3 Å². The molecule has 2 saturated carbocycles. The van der Waals surface area contributed by atoms with Gasteiger partial charge in [-0.3, -0.25) is 4.79 Å². The van der Waals surface area contributed by atoms with E-state index in [9.17, 15) is 4.79 Å². The highest BCUT2D eigenvalue weighted by atomic mass is 16.1. The molecule has 1 heteroatoms. The summed E-state index contributed by atoms with van der Waals surface area (Å²) < 4.78 is 0. The maximum absolute atomic E-state index is 11.4. The number of carbonyl (C=O) groups is 1. The fourth-order valence-corrected chi connectivity index (χ4v) is 3.16. The van der Waals surface area contributed by atoms with Crippen molar-refractivity contribution in [1.29, 1.82) is 0 Å². The van der Waals surface area contributed by atoms with Gasteiger partial charge < -0.3 is 0 Å². The Labute approximate surface area is 80.2 Å². The first kappa shape index (κ1) is 8.98. The second-order valence-corrected chi connectivity index (χ2v) is 4.94. The molecule has 72 valence electrons. The lowest BCUT2D eigenvalue weighted by Crippen LogP contribution is -2.32. The van der Waals surface area contributed by atoms with Crippen molar-refractivity contribution in [2.75, 3.05) is 0 Å². The van der Waals surface area contributed by atoms with Crippen LogP contribution in [0.25, 0.3) is 0 Å². The zero-order chi connectivity index (χ0) is 9.47. The molecule has 2 aliphatic rings. The van der Waals surface area contributed by atoms with Gasteiger partial charge in [0, 0.05) is 12.8 Å². The molecule has 0 aromatic heterocycles. The molecule has 0 amide bonds. The third-order valence-corrected chi connectivity index (χ3v) is 4.19. The highest BCUT2D eigenvalue weighted by Gasteiger charge is 2.46. The largest absolute Gasteiger partial charge is 0.300 e. The number of rotatable bonds is 1. The van der Waals surface area contributed by atoms with Crippen molar-refractivity contribution in [3.8, 4) is 0 Å². The van der Waals surface area contributed by atoms with E-state index in [-0.39, 0.29) is 0 Å². The van der Waals surface area contributed by atoms with Crippen LogP contribution in [0.2, 0.25) is 0 Å². The Bertz CT molecular complexity index is 244. The van der Waals surface area contributed by atoms with Crippen molar-refractivity contribution >= 4 is 5.78 Å². The number of ketones is 1. The highest BCUT2D eigenvalue weighted by Crippen LogP contribution is 2.54. The van der Waals surface area contributed by atoms with Crippen LogP contribution >= 0.6 is 0 Å². The van der Waals surface area contributed by atoms with Crippen molar-refractivity contribution in [2.24, 2.45) is 17.3 Å². The molecule has 2 rings (SSSR count). The average Bonchev–Trinajstić information content (AvgIpc) is 2.43. The van der Waals surface area contributed by atoms with Gasteiger partial charge in [0.25, 0.3) is 0 Å². The fourth-order valence-electron chi connectivity index (χ4n) is 3.16. The smallest absolute Gasteiger partial charge is 0.133 e. The van der Waals surface area contributed by atoms with Crippen LogP contribution in [0.15, 0.2) is 12.7 Å². The zero-order valence-corrected chi connectivity index (χ0v) is 8.38. The normalized spacial score (nSPS) is 44.5. The van der Waals surface area contributed by atoms with E-state index in [2.05, 4.69) is 19.6 Å². The van der Waals surface area contributed by atoms with Crippen molar-refractivity contribution in [1.82, 2.24) is 0 Å². The van der Waals surface area contributed by atoms with E-state index >= 15 is 0 Å². The van der Waals surface area contributed by atoms with Gasteiger partial charge in [0.1, 0.15) is 5.78 Å². The monoisotopic (exact) mass is 178 g/mol. The van der Waals surface area contributed by atoms with Crippen molar-refractivity contribution in [2.45, 2.75) is 39.0 Å². The van der Waals surface area contributed by atoms with Gasteiger partial charge in [-0.1, -0.05) is 13.0 Å². The molecular formula is C12H18O. The third-order valence-electron chi connectivity index (χ3n) is 4.19. The van der Waals surface area contributed by atoms with Gasteiger partial charge >= 0.3 is 0 Å². The van der Waals surface area contributed by atoms with E-state index in [1.54, 1.807) is 0 Å². The Hall–Kier alpha value is -0.590. The fraction of sp³-hybridized carbons (Fsp3) is 0.750. The second kappa shape index (κ2) is 2.97. The van der Waals surface area contributed by atoms with Crippen LogP contribution in [-0.4, -0.2) is 5.78 Å². The maximum Gasteiger partial charge on any atom is 0.133 e. The molecule has 0 radical (unpaired) electrons. The molecule has 3 unspecified atom stereocenters. The minimum atomic E-state index is 0.451. The summed E-state index contributed by atoms with van der Waals surface area (Å²) in [6.45, 7) is 6.23. The van der Waals surface area contributed by atoms with Crippen LogP contribution in [0.5, 0.6) is 0 Å². The lowest BCUT2D eigenvalue weighted by Gasteiger charge is -2.37. The number of Topliss-reactive ketones (excluding diaryl/α,β-unsaturated/α-hetero) is 1. The Balaban J connectivity index is 2.20. The van der Waals surface area contributed by atoms with E-state index in [0.717, 1.165) is 19.3 Å². The minimum absolute atomic E-state index is 0.451. The van der Waals surface area contributed by atoms with Crippen molar-refractivity contribution < 1.29 is 4.79 Å². The number of hydrogen-bond acceptors (Lipinski definition) is 1. The average molecular weight is 178 g/mol. The SMILES string of the molecule is C=CC1CCC2(C)CCC(=O)CC12. The minimum Gasteiger partial charge on any atom is -0.300 e. The molecule has 3 atom stereocenters. The molecule has 0 aliphatic heterocycles.